The first-order valence-electron chi connectivity index (χ1n) is 6.66. The smallest absolute Gasteiger partial charge is 0.163 e. The number of aryl methyl sites for hydroxylation is 3. The summed E-state index contributed by atoms with van der Waals surface area (Å²) in [5.74, 6) is -1.64. The van der Waals surface area contributed by atoms with E-state index < -0.39 is 17.7 Å². The van der Waals surface area contributed by atoms with Crippen molar-refractivity contribution in [2.24, 2.45) is 5.73 Å². The van der Waals surface area contributed by atoms with Gasteiger partial charge in [-0.2, -0.15) is 0 Å². The third kappa shape index (κ3) is 2.88. The van der Waals surface area contributed by atoms with Gasteiger partial charge in [-0.3, -0.25) is 0 Å². The van der Waals surface area contributed by atoms with Crippen LogP contribution in [0.2, 0.25) is 0 Å². The molecule has 106 valence electrons. The van der Waals surface area contributed by atoms with Crippen molar-refractivity contribution in [3.05, 3.63) is 69.8 Å². The van der Waals surface area contributed by atoms with Crippen LogP contribution in [0, 0.1) is 32.4 Å². The van der Waals surface area contributed by atoms with Crippen LogP contribution in [0.1, 0.15) is 33.9 Å². The van der Waals surface area contributed by atoms with Crippen LogP contribution in [0.3, 0.4) is 0 Å². The third-order valence-corrected chi connectivity index (χ3v) is 3.73. The van der Waals surface area contributed by atoms with Crippen LogP contribution >= 0.6 is 0 Å². The highest BCUT2D eigenvalue weighted by Crippen LogP contribution is 2.23. The van der Waals surface area contributed by atoms with E-state index in [1.165, 1.54) is 18.1 Å². The van der Waals surface area contributed by atoms with Crippen molar-refractivity contribution in [3.8, 4) is 0 Å². The standard InChI is InChI=1S/C17H19F2N/c1-10-4-6-13(8-12(10)3)9-15(20)14-7-5-11(2)16(18)17(14)19/h4-8,15H,9,20H2,1-3H3. The lowest BCUT2D eigenvalue weighted by Gasteiger charge is -2.15. The van der Waals surface area contributed by atoms with Gasteiger partial charge in [0.1, 0.15) is 0 Å². The van der Waals surface area contributed by atoms with Gasteiger partial charge in [0.05, 0.1) is 0 Å². The SMILES string of the molecule is Cc1ccc(CC(N)c2ccc(C)c(F)c2F)cc1C. The Bertz CT molecular complexity index is 635. The normalized spacial score (nSPS) is 12.5. The maximum absolute atomic E-state index is 13.9. The van der Waals surface area contributed by atoms with E-state index in [9.17, 15) is 8.78 Å². The molecule has 0 bridgehead atoms. The van der Waals surface area contributed by atoms with Crippen LogP contribution in [0.25, 0.3) is 0 Å². The van der Waals surface area contributed by atoms with Crippen LogP contribution in [0.5, 0.6) is 0 Å². The van der Waals surface area contributed by atoms with Gasteiger partial charge in [0.25, 0.3) is 0 Å². The highest BCUT2D eigenvalue weighted by atomic mass is 19.2. The first kappa shape index (κ1) is 14.7. The van der Waals surface area contributed by atoms with Gasteiger partial charge in [-0.25, -0.2) is 8.78 Å². The Balaban J connectivity index is 2.26. The van der Waals surface area contributed by atoms with E-state index >= 15 is 0 Å². The Labute approximate surface area is 118 Å². The lowest BCUT2D eigenvalue weighted by atomic mass is 9.96. The molecular formula is C17H19F2N. The van der Waals surface area contributed by atoms with E-state index in [4.69, 9.17) is 5.73 Å². The molecule has 0 saturated carbocycles. The van der Waals surface area contributed by atoms with Crippen molar-refractivity contribution < 1.29 is 8.78 Å². The molecule has 0 radical (unpaired) electrons. The number of hydrogen-bond acceptors (Lipinski definition) is 1. The van der Waals surface area contributed by atoms with Gasteiger partial charge >= 0.3 is 0 Å². The minimum Gasteiger partial charge on any atom is -0.324 e. The molecule has 0 spiro atoms. The van der Waals surface area contributed by atoms with Crippen molar-refractivity contribution >= 4 is 0 Å². The largest absolute Gasteiger partial charge is 0.324 e. The first-order valence-corrected chi connectivity index (χ1v) is 6.66. The minimum absolute atomic E-state index is 0.228. The van der Waals surface area contributed by atoms with E-state index in [2.05, 4.69) is 0 Å². The number of halogens is 2. The van der Waals surface area contributed by atoms with Gasteiger partial charge in [0, 0.05) is 11.6 Å². The zero-order valence-electron chi connectivity index (χ0n) is 12.0. The molecule has 2 rings (SSSR count). The molecule has 0 amide bonds. The summed E-state index contributed by atoms with van der Waals surface area (Å²) in [6.07, 6.45) is 0.487. The summed E-state index contributed by atoms with van der Waals surface area (Å²) in [7, 11) is 0. The molecule has 0 aromatic heterocycles. The Morgan fingerprint density at radius 2 is 1.55 bits per heavy atom. The number of benzene rings is 2. The molecule has 20 heavy (non-hydrogen) atoms. The van der Waals surface area contributed by atoms with Crippen LogP contribution in [-0.2, 0) is 6.42 Å². The summed E-state index contributed by atoms with van der Waals surface area (Å²) in [5, 5.41) is 0. The maximum Gasteiger partial charge on any atom is 0.163 e. The van der Waals surface area contributed by atoms with Crippen molar-refractivity contribution in [1.29, 1.82) is 0 Å². The minimum atomic E-state index is -0.832. The quantitative estimate of drug-likeness (QED) is 0.895. The van der Waals surface area contributed by atoms with Crippen molar-refractivity contribution in [2.75, 3.05) is 0 Å². The van der Waals surface area contributed by atoms with Gasteiger partial charge in [0.2, 0.25) is 0 Å². The Hall–Kier alpha value is -1.74. The molecule has 1 unspecified atom stereocenters. The zero-order chi connectivity index (χ0) is 14.9. The van der Waals surface area contributed by atoms with E-state index in [0.717, 1.165) is 5.56 Å². The van der Waals surface area contributed by atoms with Crippen molar-refractivity contribution in [3.63, 3.8) is 0 Å². The average molecular weight is 275 g/mol. The van der Waals surface area contributed by atoms with Crippen LogP contribution < -0.4 is 5.73 Å². The highest BCUT2D eigenvalue weighted by molar-refractivity contribution is 5.33. The summed E-state index contributed by atoms with van der Waals surface area (Å²) in [5.41, 5.74) is 9.96. The molecule has 0 aliphatic rings. The summed E-state index contributed by atoms with van der Waals surface area (Å²) >= 11 is 0. The van der Waals surface area contributed by atoms with Crippen LogP contribution in [-0.4, -0.2) is 0 Å². The zero-order valence-corrected chi connectivity index (χ0v) is 12.0. The molecular weight excluding hydrogens is 256 g/mol. The first-order chi connectivity index (χ1) is 9.40. The van der Waals surface area contributed by atoms with Gasteiger partial charge in [-0.1, -0.05) is 30.3 Å². The van der Waals surface area contributed by atoms with Crippen LogP contribution in [0.4, 0.5) is 8.78 Å². The molecule has 2 aromatic rings. The molecule has 2 aromatic carbocycles. The second-order valence-electron chi connectivity index (χ2n) is 5.33. The summed E-state index contributed by atoms with van der Waals surface area (Å²) in [4.78, 5) is 0. The fourth-order valence-electron chi connectivity index (χ4n) is 2.24. The van der Waals surface area contributed by atoms with Crippen molar-refractivity contribution in [2.45, 2.75) is 33.2 Å². The van der Waals surface area contributed by atoms with Gasteiger partial charge in [0.15, 0.2) is 11.6 Å². The second kappa shape index (κ2) is 5.71. The van der Waals surface area contributed by atoms with E-state index in [-0.39, 0.29) is 5.56 Å². The topological polar surface area (TPSA) is 26.0 Å². The molecule has 1 nitrogen and oxygen atoms in total. The van der Waals surface area contributed by atoms with E-state index in [1.54, 1.807) is 12.1 Å². The molecule has 0 aliphatic heterocycles. The molecule has 3 heteroatoms. The monoisotopic (exact) mass is 275 g/mol. The maximum atomic E-state index is 13.9. The lowest BCUT2D eigenvalue weighted by molar-refractivity contribution is 0.483. The summed E-state index contributed by atoms with van der Waals surface area (Å²) < 4.78 is 27.5. The fraction of sp³-hybridized carbons (Fsp3) is 0.294. The Kier molecular flexibility index (Phi) is 4.19. The molecule has 0 fully saturated rings. The van der Waals surface area contributed by atoms with Crippen molar-refractivity contribution in [1.82, 2.24) is 0 Å². The van der Waals surface area contributed by atoms with Gasteiger partial charge < -0.3 is 5.73 Å². The summed E-state index contributed by atoms with van der Waals surface area (Å²) in [6, 6.07) is 8.62. The second-order valence-corrected chi connectivity index (χ2v) is 5.33. The van der Waals surface area contributed by atoms with E-state index in [0.29, 0.717) is 12.0 Å². The van der Waals surface area contributed by atoms with Gasteiger partial charge in [-0.05, 0) is 49.4 Å². The average Bonchev–Trinajstić information content (AvgIpc) is 2.40. The number of rotatable bonds is 3. The lowest BCUT2D eigenvalue weighted by Crippen LogP contribution is -2.16. The predicted octanol–water partition coefficient (Wildman–Crippen LogP) is 4.13. The molecule has 0 heterocycles. The Morgan fingerprint density at radius 3 is 2.20 bits per heavy atom. The Morgan fingerprint density at radius 1 is 0.900 bits per heavy atom. The summed E-state index contributed by atoms with van der Waals surface area (Å²) in [6.45, 7) is 5.60. The van der Waals surface area contributed by atoms with Crippen LogP contribution in [0.15, 0.2) is 30.3 Å². The highest BCUT2D eigenvalue weighted by Gasteiger charge is 2.17. The molecule has 0 aliphatic carbocycles. The molecule has 0 saturated heterocycles. The van der Waals surface area contributed by atoms with Gasteiger partial charge in [-0.15, -0.1) is 0 Å². The fourth-order valence-corrected chi connectivity index (χ4v) is 2.24. The molecule has 2 N–H and O–H groups in total. The van der Waals surface area contributed by atoms with E-state index in [1.807, 2.05) is 32.0 Å². The molecule has 1 atom stereocenters. The number of hydrogen-bond donors (Lipinski definition) is 1. The number of nitrogens with two attached hydrogens (primary N) is 1. The third-order valence-electron chi connectivity index (χ3n) is 3.73. The predicted molar refractivity (Wildman–Crippen MR) is 77.6 cm³/mol.